The Kier molecular flexibility index (Phi) is 3.65. The van der Waals surface area contributed by atoms with Crippen LogP contribution in [-0.4, -0.2) is 19.1 Å². The summed E-state index contributed by atoms with van der Waals surface area (Å²) in [6.07, 6.45) is 1.91. The minimum Gasteiger partial charge on any atom is -0.378 e. The highest BCUT2D eigenvalue weighted by Crippen LogP contribution is 2.25. The van der Waals surface area contributed by atoms with Gasteiger partial charge >= 0.3 is 0 Å². The molecule has 0 aliphatic heterocycles. The van der Waals surface area contributed by atoms with Gasteiger partial charge in [-0.05, 0) is 31.2 Å². The maximum Gasteiger partial charge on any atom is 0.201 e. The normalized spacial score (nSPS) is 11.1. The Morgan fingerprint density at radius 2 is 1.88 bits per heavy atom. The monoisotopic (exact) mass is 332 g/mol. The van der Waals surface area contributed by atoms with Crippen molar-refractivity contribution in [3.05, 3.63) is 66.2 Å². The Balaban J connectivity index is 1.66. The van der Waals surface area contributed by atoms with Crippen molar-refractivity contribution in [2.45, 2.75) is 13.5 Å². The summed E-state index contributed by atoms with van der Waals surface area (Å²) < 4.78 is 4.04. The van der Waals surface area contributed by atoms with Gasteiger partial charge in [-0.2, -0.15) is 0 Å². The molecule has 3 N–H and O–H groups in total. The van der Waals surface area contributed by atoms with Crippen molar-refractivity contribution in [1.29, 1.82) is 0 Å². The third-order valence-electron chi connectivity index (χ3n) is 4.43. The smallest absolute Gasteiger partial charge is 0.201 e. The molecule has 6 nitrogen and oxygen atoms in total. The summed E-state index contributed by atoms with van der Waals surface area (Å²) in [5.74, 6) is 1.47. The molecule has 2 heterocycles. The maximum absolute atomic E-state index is 5.94. The van der Waals surface area contributed by atoms with Gasteiger partial charge in [0.25, 0.3) is 0 Å². The molecule has 4 aromatic rings. The van der Waals surface area contributed by atoms with Crippen molar-refractivity contribution in [2.75, 3.05) is 11.1 Å². The fourth-order valence-electron chi connectivity index (χ4n) is 3.11. The van der Waals surface area contributed by atoms with E-state index < -0.39 is 0 Å². The van der Waals surface area contributed by atoms with Crippen LogP contribution in [0.2, 0.25) is 0 Å². The molecule has 25 heavy (non-hydrogen) atoms. The van der Waals surface area contributed by atoms with E-state index in [0.29, 0.717) is 12.5 Å². The number of fused-ring (bicyclic) bond motifs is 1. The van der Waals surface area contributed by atoms with Crippen LogP contribution < -0.4 is 11.1 Å². The lowest BCUT2D eigenvalue weighted by molar-refractivity contribution is 0.900. The highest BCUT2D eigenvalue weighted by molar-refractivity contribution is 5.90. The van der Waals surface area contributed by atoms with E-state index in [1.54, 1.807) is 0 Å². The average molecular weight is 332 g/mol. The summed E-state index contributed by atoms with van der Waals surface area (Å²) in [6, 6.07) is 16.3. The van der Waals surface area contributed by atoms with Gasteiger partial charge in [0.05, 0.1) is 29.6 Å². The summed E-state index contributed by atoms with van der Waals surface area (Å²) in [4.78, 5) is 8.94. The van der Waals surface area contributed by atoms with E-state index in [4.69, 9.17) is 5.73 Å². The minimum absolute atomic E-state index is 0.509. The Labute approximate surface area is 145 Å². The highest BCUT2D eigenvalue weighted by atomic mass is 15.1. The Hall–Kier alpha value is -3.28. The van der Waals surface area contributed by atoms with Gasteiger partial charge < -0.3 is 15.6 Å². The van der Waals surface area contributed by atoms with Gasteiger partial charge in [-0.3, -0.25) is 4.57 Å². The molecule has 0 unspecified atom stereocenters. The molecular formula is C19H20N6. The van der Waals surface area contributed by atoms with E-state index in [9.17, 15) is 0 Å². The lowest BCUT2D eigenvalue weighted by atomic mass is 10.2. The third-order valence-corrected chi connectivity index (χ3v) is 4.43. The molecule has 0 fully saturated rings. The summed E-state index contributed by atoms with van der Waals surface area (Å²) in [7, 11) is 1.92. The van der Waals surface area contributed by atoms with E-state index in [1.165, 1.54) is 0 Å². The van der Waals surface area contributed by atoms with Crippen molar-refractivity contribution < 1.29 is 0 Å². The molecule has 126 valence electrons. The van der Waals surface area contributed by atoms with Gasteiger partial charge in [0.2, 0.25) is 5.95 Å². The van der Waals surface area contributed by atoms with Crippen LogP contribution in [0.25, 0.3) is 16.7 Å². The van der Waals surface area contributed by atoms with Crippen molar-refractivity contribution in [1.82, 2.24) is 19.1 Å². The van der Waals surface area contributed by atoms with Crippen LogP contribution in [0.4, 0.5) is 11.6 Å². The third kappa shape index (κ3) is 2.61. The maximum atomic E-state index is 5.94. The second-order valence-electron chi connectivity index (χ2n) is 6.02. The van der Waals surface area contributed by atoms with Gasteiger partial charge in [-0.1, -0.05) is 24.3 Å². The number of nitrogens with one attached hydrogen (secondary N) is 1. The fraction of sp³-hybridized carbons (Fsp3) is 0.158. The predicted octanol–water partition coefficient (Wildman–Crippen LogP) is 3.26. The molecule has 0 saturated carbocycles. The summed E-state index contributed by atoms with van der Waals surface area (Å²) in [6.45, 7) is 2.65. The number of benzene rings is 2. The summed E-state index contributed by atoms with van der Waals surface area (Å²) in [5.41, 5.74) is 11.0. The molecule has 0 aliphatic carbocycles. The van der Waals surface area contributed by atoms with E-state index >= 15 is 0 Å². The standard InChI is InChI=1S/C19H20N6/c1-13-21-11-15(25(13)14-7-4-3-5-8-14)12-22-16-9-6-10-17-18(16)23-19(20)24(17)2/h3-11,22H,12H2,1-2H3,(H2,20,23). The summed E-state index contributed by atoms with van der Waals surface area (Å²) in [5, 5.41) is 3.48. The van der Waals surface area contributed by atoms with Crippen molar-refractivity contribution in [3.63, 3.8) is 0 Å². The lowest BCUT2D eigenvalue weighted by Crippen LogP contribution is -2.07. The minimum atomic E-state index is 0.509. The van der Waals surface area contributed by atoms with E-state index in [2.05, 4.69) is 32.0 Å². The largest absolute Gasteiger partial charge is 0.378 e. The predicted molar refractivity (Wildman–Crippen MR) is 101 cm³/mol. The zero-order valence-electron chi connectivity index (χ0n) is 14.3. The zero-order valence-corrected chi connectivity index (χ0v) is 14.3. The first-order valence-electron chi connectivity index (χ1n) is 8.18. The topological polar surface area (TPSA) is 73.7 Å². The van der Waals surface area contributed by atoms with Crippen LogP contribution in [0.15, 0.2) is 54.7 Å². The zero-order chi connectivity index (χ0) is 17.4. The Bertz CT molecular complexity index is 1030. The number of aryl methyl sites for hydroxylation is 2. The quantitative estimate of drug-likeness (QED) is 0.601. The van der Waals surface area contributed by atoms with E-state index in [0.717, 1.165) is 33.9 Å². The van der Waals surface area contributed by atoms with E-state index in [-0.39, 0.29) is 0 Å². The molecule has 4 rings (SSSR count). The number of hydrogen-bond donors (Lipinski definition) is 2. The Morgan fingerprint density at radius 3 is 2.68 bits per heavy atom. The van der Waals surface area contributed by atoms with E-state index in [1.807, 2.05) is 61.1 Å². The first kappa shape index (κ1) is 15.3. The molecule has 0 spiro atoms. The van der Waals surface area contributed by atoms with Gasteiger partial charge in [-0.25, -0.2) is 9.97 Å². The first-order valence-corrected chi connectivity index (χ1v) is 8.18. The van der Waals surface area contributed by atoms with Crippen LogP contribution in [0.3, 0.4) is 0 Å². The van der Waals surface area contributed by atoms with Gasteiger partial charge in [0.1, 0.15) is 11.3 Å². The number of imidazole rings is 2. The Morgan fingerprint density at radius 1 is 1.08 bits per heavy atom. The second-order valence-corrected chi connectivity index (χ2v) is 6.02. The number of anilines is 2. The van der Waals surface area contributed by atoms with Crippen LogP contribution in [0.1, 0.15) is 11.5 Å². The fourth-order valence-corrected chi connectivity index (χ4v) is 3.11. The number of hydrogen-bond acceptors (Lipinski definition) is 4. The molecule has 0 radical (unpaired) electrons. The van der Waals surface area contributed by atoms with Crippen molar-refractivity contribution in [3.8, 4) is 5.69 Å². The van der Waals surface area contributed by atoms with Gasteiger partial charge in [0.15, 0.2) is 0 Å². The number of nitrogens with two attached hydrogens (primary N) is 1. The number of rotatable bonds is 4. The SMILES string of the molecule is Cc1ncc(CNc2cccc3c2nc(N)n3C)n1-c1ccccc1. The van der Waals surface area contributed by atoms with Gasteiger partial charge in [-0.15, -0.1) is 0 Å². The van der Waals surface area contributed by atoms with Crippen LogP contribution in [-0.2, 0) is 13.6 Å². The molecule has 0 atom stereocenters. The average Bonchev–Trinajstić information content (AvgIpc) is 3.14. The summed E-state index contributed by atoms with van der Waals surface area (Å²) >= 11 is 0. The molecule has 0 amide bonds. The number of para-hydroxylation sites is 2. The first-order chi connectivity index (χ1) is 12.1. The molecular weight excluding hydrogens is 312 g/mol. The molecule has 2 aromatic heterocycles. The lowest BCUT2D eigenvalue weighted by Gasteiger charge is -2.12. The molecule has 0 bridgehead atoms. The number of aromatic nitrogens is 4. The number of nitrogen functional groups attached to an aromatic ring is 1. The van der Waals surface area contributed by atoms with Gasteiger partial charge in [0, 0.05) is 12.7 Å². The van der Waals surface area contributed by atoms with Crippen LogP contribution in [0, 0.1) is 6.92 Å². The van der Waals surface area contributed by atoms with Crippen LogP contribution in [0.5, 0.6) is 0 Å². The molecule has 6 heteroatoms. The molecule has 0 aliphatic rings. The van der Waals surface area contributed by atoms with Crippen molar-refractivity contribution in [2.24, 2.45) is 7.05 Å². The van der Waals surface area contributed by atoms with Crippen LogP contribution >= 0.6 is 0 Å². The highest BCUT2D eigenvalue weighted by Gasteiger charge is 2.11. The number of nitrogens with zero attached hydrogens (tertiary/aromatic N) is 4. The molecule has 0 saturated heterocycles. The second kappa shape index (κ2) is 5.98. The van der Waals surface area contributed by atoms with Crippen molar-refractivity contribution >= 4 is 22.7 Å². The molecule has 2 aromatic carbocycles.